The number of hydrogen-bond acceptors (Lipinski definition) is 6. The third kappa shape index (κ3) is 5.41. The van der Waals surface area contributed by atoms with Crippen LogP contribution in [0.1, 0.15) is 62.0 Å². The number of nitrogens with zero attached hydrogens (tertiary/aromatic N) is 3. The first-order valence-corrected chi connectivity index (χ1v) is 12.1. The van der Waals surface area contributed by atoms with Crippen molar-refractivity contribution in [3.63, 3.8) is 0 Å². The molecular formula is C25H33F3N6O2. The number of rotatable bonds is 7. The van der Waals surface area contributed by atoms with Crippen molar-refractivity contribution >= 4 is 23.1 Å². The van der Waals surface area contributed by atoms with Gasteiger partial charge in [-0.05, 0) is 64.3 Å². The van der Waals surface area contributed by atoms with Gasteiger partial charge in [0.1, 0.15) is 5.56 Å². The second kappa shape index (κ2) is 9.51. The molecule has 2 heterocycles. The third-order valence-corrected chi connectivity index (χ3v) is 7.58. The Balaban J connectivity index is 1.51. The molecule has 196 valence electrons. The fraction of sp³-hybridized carbons (Fsp3) is 0.560. The van der Waals surface area contributed by atoms with E-state index < -0.39 is 23.2 Å². The van der Waals surface area contributed by atoms with Gasteiger partial charge in [-0.1, -0.05) is 0 Å². The molecular weight excluding hydrogens is 473 g/mol. The Morgan fingerprint density at radius 1 is 1.19 bits per heavy atom. The number of nitrogens with two attached hydrogens (primary N) is 1. The van der Waals surface area contributed by atoms with Gasteiger partial charge in [-0.15, -0.1) is 0 Å². The van der Waals surface area contributed by atoms with Gasteiger partial charge in [0, 0.05) is 48.6 Å². The Morgan fingerprint density at radius 2 is 1.83 bits per heavy atom. The average Bonchev–Trinajstić information content (AvgIpc) is 3.15. The van der Waals surface area contributed by atoms with E-state index in [1.54, 1.807) is 17.8 Å². The van der Waals surface area contributed by atoms with Crippen molar-refractivity contribution in [2.45, 2.75) is 63.9 Å². The second-order valence-corrected chi connectivity index (χ2v) is 10.6. The number of carbonyl (C=O) groups is 1. The third-order valence-electron chi connectivity index (χ3n) is 7.58. The average molecular weight is 507 g/mol. The summed E-state index contributed by atoms with van der Waals surface area (Å²) in [5, 5.41) is 26.1. The molecule has 11 heteroatoms. The molecule has 0 spiro atoms. The molecule has 36 heavy (non-hydrogen) atoms. The van der Waals surface area contributed by atoms with Crippen molar-refractivity contribution in [3.8, 4) is 0 Å². The summed E-state index contributed by atoms with van der Waals surface area (Å²) in [6.07, 6.45) is -0.479. The minimum atomic E-state index is -4.44. The van der Waals surface area contributed by atoms with Crippen LogP contribution in [0.25, 0.3) is 0 Å². The number of halogens is 3. The highest BCUT2D eigenvalue weighted by molar-refractivity contribution is 5.98. The molecule has 2 aliphatic rings. The summed E-state index contributed by atoms with van der Waals surface area (Å²) in [4.78, 5) is 14.5. The number of hydrogen-bond donors (Lipinski definition) is 4. The van der Waals surface area contributed by atoms with E-state index in [0.717, 1.165) is 44.5 Å². The lowest BCUT2D eigenvalue weighted by molar-refractivity contribution is -0.137. The maximum absolute atomic E-state index is 12.9. The quantitative estimate of drug-likeness (QED) is 0.420. The second-order valence-electron chi connectivity index (χ2n) is 10.6. The maximum atomic E-state index is 12.9. The van der Waals surface area contributed by atoms with Gasteiger partial charge in [-0.25, -0.2) is 0 Å². The largest absolute Gasteiger partial charge is 0.416 e. The predicted octanol–water partition coefficient (Wildman–Crippen LogP) is 4.20. The highest BCUT2D eigenvalue weighted by Crippen LogP contribution is 2.40. The number of amides is 1. The first-order valence-electron chi connectivity index (χ1n) is 12.1. The fourth-order valence-corrected chi connectivity index (χ4v) is 5.22. The molecule has 2 aromatic rings. The van der Waals surface area contributed by atoms with Gasteiger partial charge in [0.25, 0.3) is 5.91 Å². The zero-order valence-corrected chi connectivity index (χ0v) is 20.6. The summed E-state index contributed by atoms with van der Waals surface area (Å²) in [5.41, 5.74) is 5.10. The van der Waals surface area contributed by atoms with Crippen molar-refractivity contribution in [1.82, 2.24) is 14.7 Å². The van der Waals surface area contributed by atoms with Crippen LogP contribution in [0.15, 0.2) is 30.5 Å². The van der Waals surface area contributed by atoms with Gasteiger partial charge in [-0.2, -0.15) is 18.3 Å². The number of nitrogens with one attached hydrogen (secondary N) is 2. The highest BCUT2D eigenvalue weighted by Gasteiger charge is 2.44. The van der Waals surface area contributed by atoms with Crippen LogP contribution in [0, 0.1) is 17.2 Å². The molecule has 5 N–H and O–H groups in total. The van der Waals surface area contributed by atoms with E-state index in [1.807, 2.05) is 13.8 Å². The molecule has 1 aliphatic heterocycles. The van der Waals surface area contributed by atoms with E-state index in [0.29, 0.717) is 17.4 Å². The lowest BCUT2D eigenvalue weighted by Crippen LogP contribution is -2.60. The van der Waals surface area contributed by atoms with Crippen molar-refractivity contribution in [2.24, 2.45) is 17.6 Å². The van der Waals surface area contributed by atoms with Crippen molar-refractivity contribution in [3.05, 3.63) is 41.6 Å². The maximum Gasteiger partial charge on any atom is 0.416 e. The predicted molar refractivity (Wildman–Crippen MR) is 130 cm³/mol. The van der Waals surface area contributed by atoms with E-state index >= 15 is 0 Å². The summed E-state index contributed by atoms with van der Waals surface area (Å²) in [5.74, 6) is -0.394. The molecule has 3 unspecified atom stereocenters. The molecule has 0 radical (unpaired) electrons. The molecule has 1 saturated heterocycles. The van der Waals surface area contributed by atoms with Crippen molar-refractivity contribution in [2.75, 3.05) is 18.4 Å². The zero-order chi connectivity index (χ0) is 26.4. The number of benzene rings is 1. The molecule has 1 amide bonds. The number of aromatic nitrogens is 2. The van der Waals surface area contributed by atoms with Gasteiger partial charge in [0.05, 0.1) is 17.2 Å². The zero-order valence-electron chi connectivity index (χ0n) is 20.6. The Morgan fingerprint density at radius 3 is 2.36 bits per heavy atom. The molecule has 3 atom stereocenters. The van der Waals surface area contributed by atoms with Gasteiger partial charge in [0.15, 0.2) is 5.82 Å². The Labute approximate surface area is 208 Å². The number of aliphatic hydroxyl groups is 1. The lowest BCUT2D eigenvalue weighted by Gasteiger charge is -2.51. The molecule has 1 aromatic carbocycles. The van der Waals surface area contributed by atoms with E-state index in [9.17, 15) is 23.1 Å². The summed E-state index contributed by atoms with van der Waals surface area (Å²) < 4.78 is 40.3. The minimum absolute atomic E-state index is 0.0931. The molecule has 0 bridgehead atoms. The molecule has 1 aromatic heterocycles. The van der Waals surface area contributed by atoms with Gasteiger partial charge in [-0.3, -0.25) is 14.4 Å². The summed E-state index contributed by atoms with van der Waals surface area (Å²) in [7, 11) is 0. The summed E-state index contributed by atoms with van der Waals surface area (Å²) in [6, 6.07) is 4.62. The number of anilines is 2. The number of primary amides is 1. The summed E-state index contributed by atoms with van der Waals surface area (Å²) >= 11 is 0. The molecule has 4 rings (SSSR count). The van der Waals surface area contributed by atoms with Crippen LogP contribution in [-0.4, -0.2) is 56.1 Å². The molecule has 1 aliphatic carbocycles. The van der Waals surface area contributed by atoms with Gasteiger partial charge >= 0.3 is 6.18 Å². The molecule has 2 fully saturated rings. The fourth-order valence-electron chi connectivity index (χ4n) is 5.22. The van der Waals surface area contributed by atoms with E-state index in [-0.39, 0.29) is 29.3 Å². The molecule has 1 saturated carbocycles. The smallest absolute Gasteiger partial charge is 0.390 e. The van der Waals surface area contributed by atoms with Crippen LogP contribution in [0.3, 0.4) is 0 Å². The Bertz CT molecular complexity index is 1120. The van der Waals surface area contributed by atoms with Crippen molar-refractivity contribution in [1.29, 1.82) is 5.41 Å². The van der Waals surface area contributed by atoms with Crippen LogP contribution in [0.5, 0.6) is 0 Å². The van der Waals surface area contributed by atoms with Gasteiger partial charge < -0.3 is 21.6 Å². The highest BCUT2D eigenvalue weighted by atomic mass is 19.4. The van der Waals surface area contributed by atoms with Crippen LogP contribution in [0.4, 0.5) is 24.7 Å². The van der Waals surface area contributed by atoms with E-state index in [2.05, 4.69) is 15.3 Å². The monoisotopic (exact) mass is 506 g/mol. The number of carbonyl (C=O) groups excluding carboxylic acids is 1. The number of likely N-dealkylation sites (tertiary alicyclic amines) is 1. The van der Waals surface area contributed by atoms with Gasteiger partial charge in [0.2, 0.25) is 0 Å². The standard InChI is InChI=1S/C25H33F3N6O2/c1-14(29)19-10-18(33-11-16(12-33)24(2,3)36)8-9-21(19)34-13-20(22(30)35)23(32-34)31-17-6-4-15(5-7-17)25(26,27)28/h4-7,13,16,18-19,21,29,36H,8-12H2,1-3H3,(H2,30,35)(H,31,32). The first kappa shape index (κ1) is 26.2. The lowest BCUT2D eigenvalue weighted by atomic mass is 9.75. The molecule has 8 nitrogen and oxygen atoms in total. The van der Waals surface area contributed by atoms with E-state index in [4.69, 9.17) is 11.1 Å². The summed E-state index contributed by atoms with van der Waals surface area (Å²) in [6.45, 7) is 7.10. The van der Waals surface area contributed by atoms with Crippen LogP contribution in [-0.2, 0) is 6.18 Å². The van der Waals surface area contributed by atoms with E-state index in [1.165, 1.54) is 12.1 Å². The first-order chi connectivity index (χ1) is 16.7. The normalized spacial score (nSPS) is 23.8. The Hall–Kier alpha value is -2.92. The number of alkyl halides is 3. The minimum Gasteiger partial charge on any atom is -0.390 e. The SMILES string of the molecule is CC(=N)C1CC(N2CC(C(C)(C)O)C2)CCC1n1cc(C(N)=O)c(Nc2ccc(C(F)(F)F)cc2)n1. The van der Waals surface area contributed by atoms with Crippen LogP contribution >= 0.6 is 0 Å². The van der Waals surface area contributed by atoms with Crippen LogP contribution in [0.2, 0.25) is 0 Å². The van der Waals surface area contributed by atoms with Crippen LogP contribution < -0.4 is 11.1 Å². The van der Waals surface area contributed by atoms with Crippen molar-refractivity contribution < 1.29 is 23.1 Å². The topological polar surface area (TPSA) is 120 Å². The Kier molecular flexibility index (Phi) is 6.91.